The van der Waals surface area contributed by atoms with Gasteiger partial charge in [-0.15, -0.1) is 0 Å². The lowest BCUT2D eigenvalue weighted by molar-refractivity contribution is -0.137. The summed E-state index contributed by atoms with van der Waals surface area (Å²) in [5, 5.41) is 12.9. The summed E-state index contributed by atoms with van der Waals surface area (Å²) in [6.07, 6.45) is 2.37. The first-order chi connectivity index (χ1) is 8.46. The first kappa shape index (κ1) is 12.8. The van der Waals surface area contributed by atoms with Gasteiger partial charge in [0.15, 0.2) is 5.75 Å². The number of carbonyl (C=O) groups excluding carboxylic acids is 1. The summed E-state index contributed by atoms with van der Waals surface area (Å²) in [5.74, 6) is -2.74. The Hall–Kier alpha value is -1.66. The van der Waals surface area contributed by atoms with E-state index >= 15 is 0 Å². The number of piperidine rings is 1. The van der Waals surface area contributed by atoms with E-state index < -0.39 is 5.92 Å². The Bertz CT molecular complexity index is 424. The SMILES string of the molecule is O=C(CCn1cc(O)cn1)N1CCC(F)(F)CC1. The van der Waals surface area contributed by atoms with Crippen LogP contribution in [0.15, 0.2) is 12.4 Å². The summed E-state index contributed by atoms with van der Waals surface area (Å²) < 4.78 is 27.3. The van der Waals surface area contributed by atoms with Gasteiger partial charge >= 0.3 is 0 Å². The zero-order chi connectivity index (χ0) is 13.2. The van der Waals surface area contributed by atoms with Crippen LogP contribution in [0.2, 0.25) is 0 Å². The normalized spacial score (nSPS) is 18.9. The molecule has 1 fully saturated rings. The highest BCUT2D eigenvalue weighted by Gasteiger charge is 2.35. The van der Waals surface area contributed by atoms with E-state index in [1.807, 2.05) is 0 Å². The summed E-state index contributed by atoms with van der Waals surface area (Å²) in [7, 11) is 0. The monoisotopic (exact) mass is 259 g/mol. The van der Waals surface area contributed by atoms with E-state index in [2.05, 4.69) is 5.10 Å². The van der Waals surface area contributed by atoms with E-state index in [9.17, 15) is 13.6 Å². The van der Waals surface area contributed by atoms with Crippen LogP contribution in [0.5, 0.6) is 5.75 Å². The van der Waals surface area contributed by atoms with Gasteiger partial charge in [0.25, 0.3) is 5.92 Å². The van der Waals surface area contributed by atoms with Crippen molar-refractivity contribution in [1.29, 1.82) is 0 Å². The fourth-order valence-corrected chi connectivity index (χ4v) is 1.93. The number of halogens is 2. The van der Waals surface area contributed by atoms with Gasteiger partial charge in [0.2, 0.25) is 5.91 Å². The smallest absolute Gasteiger partial charge is 0.251 e. The minimum Gasteiger partial charge on any atom is -0.505 e. The Morgan fingerprint density at radius 2 is 2.11 bits per heavy atom. The molecule has 0 radical (unpaired) electrons. The molecule has 18 heavy (non-hydrogen) atoms. The maximum Gasteiger partial charge on any atom is 0.251 e. The van der Waals surface area contributed by atoms with Gasteiger partial charge in [-0.25, -0.2) is 8.78 Å². The van der Waals surface area contributed by atoms with E-state index in [1.54, 1.807) is 0 Å². The van der Waals surface area contributed by atoms with Crippen molar-refractivity contribution in [3.63, 3.8) is 0 Å². The summed E-state index contributed by atoms with van der Waals surface area (Å²) in [4.78, 5) is 13.2. The Kier molecular flexibility index (Phi) is 3.49. The minimum absolute atomic E-state index is 0.0417. The van der Waals surface area contributed by atoms with Crippen molar-refractivity contribution in [2.75, 3.05) is 13.1 Å². The first-order valence-electron chi connectivity index (χ1n) is 5.83. The van der Waals surface area contributed by atoms with Crippen molar-refractivity contribution in [3.05, 3.63) is 12.4 Å². The molecule has 0 unspecified atom stereocenters. The molecule has 0 bridgehead atoms. The number of rotatable bonds is 3. The molecule has 1 aliphatic rings. The van der Waals surface area contributed by atoms with Crippen molar-refractivity contribution in [3.8, 4) is 5.75 Å². The van der Waals surface area contributed by atoms with E-state index in [0.717, 1.165) is 0 Å². The molecule has 1 aliphatic heterocycles. The minimum atomic E-state index is -2.63. The summed E-state index contributed by atoms with van der Waals surface area (Å²) >= 11 is 0. The number of alkyl halides is 2. The van der Waals surface area contributed by atoms with Gasteiger partial charge in [-0.2, -0.15) is 5.10 Å². The molecule has 1 N–H and O–H groups in total. The van der Waals surface area contributed by atoms with Gasteiger partial charge in [0.1, 0.15) is 0 Å². The predicted molar refractivity (Wildman–Crippen MR) is 59.3 cm³/mol. The molecule has 2 heterocycles. The fraction of sp³-hybridized carbons (Fsp3) is 0.636. The summed E-state index contributed by atoms with van der Waals surface area (Å²) in [6.45, 7) is 0.554. The third-order valence-corrected chi connectivity index (χ3v) is 3.02. The molecule has 1 aromatic rings. The number of aryl methyl sites for hydroxylation is 1. The van der Waals surface area contributed by atoms with Crippen LogP contribution in [0.3, 0.4) is 0 Å². The quantitative estimate of drug-likeness (QED) is 0.888. The first-order valence-corrected chi connectivity index (χ1v) is 5.83. The van der Waals surface area contributed by atoms with Gasteiger partial charge in [0.05, 0.1) is 12.4 Å². The number of aromatic nitrogens is 2. The van der Waals surface area contributed by atoms with Crippen molar-refractivity contribution in [2.24, 2.45) is 0 Å². The maximum absolute atomic E-state index is 12.9. The molecule has 0 saturated carbocycles. The number of hydrogen-bond acceptors (Lipinski definition) is 3. The molecule has 0 spiro atoms. The van der Waals surface area contributed by atoms with Gasteiger partial charge in [-0.3, -0.25) is 9.48 Å². The van der Waals surface area contributed by atoms with Crippen LogP contribution in [0.4, 0.5) is 8.78 Å². The van der Waals surface area contributed by atoms with E-state index in [4.69, 9.17) is 5.11 Å². The second-order valence-corrected chi connectivity index (χ2v) is 4.45. The number of hydrogen-bond donors (Lipinski definition) is 1. The van der Waals surface area contributed by atoms with Crippen LogP contribution in [-0.2, 0) is 11.3 Å². The van der Waals surface area contributed by atoms with E-state index in [-0.39, 0.29) is 44.0 Å². The van der Waals surface area contributed by atoms with Crippen LogP contribution in [0, 0.1) is 0 Å². The predicted octanol–water partition coefficient (Wildman–Crippen LogP) is 1.24. The third-order valence-electron chi connectivity index (χ3n) is 3.02. The van der Waals surface area contributed by atoms with Gasteiger partial charge in [-0.05, 0) is 0 Å². The lowest BCUT2D eigenvalue weighted by Gasteiger charge is -2.31. The topological polar surface area (TPSA) is 58.4 Å². The van der Waals surface area contributed by atoms with Crippen molar-refractivity contribution in [2.45, 2.75) is 31.7 Å². The van der Waals surface area contributed by atoms with E-state index in [0.29, 0.717) is 6.54 Å². The molecule has 0 aliphatic carbocycles. The standard InChI is InChI=1S/C11H15F2N3O2/c12-11(13)2-5-15(6-3-11)10(18)1-4-16-8-9(17)7-14-16/h7-8,17H,1-6H2. The Morgan fingerprint density at radius 3 is 2.67 bits per heavy atom. The summed E-state index contributed by atoms with van der Waals surface area (Å²) in [6, 6.07) is 0. The van der Waals surface area contributed by atoms with Crippen molar-refractivity contribution >= 4 is 5.91 Å². The molecule has 2 rings (SSSR count). The molecule has 1 amide bonds. The number of amides is 1. The number of likely N-dealkylation sites (tertiary alicyclic amines) is 1. The highest BCUT2D eigenvalue weighted by atomic mass is 19.3. The second-order valence-electron chi connectivity index (χ2n) is 4.45. The third kappa shape index (κ3) is 3.18. The highest BCUT2D eigenvalue weighted by molar-refractivity contribution is 5.76. The highest BCUT2D eigenvalue weighted by Crippen LogP contribution is 2.27. The Labute approximate surface area is 103 Å². The van der Waals surface area contributed by atoms with Crippen LogP contribution in [-0.4, -0.2) is 44.7 Å². The van der Waals surface area contributed by atoms with Crippen molar-refractivity contribution < 1.29 is 18.7 Å². The zero-order valence-corrected chi connectivity index (χ0v) is 9.85. The average Bonchev–Trinajstić information content (AvgIpc) is 2.72. The fourth-order valence-electron chi connectivity index (χ4n) is 1.93. The molecule has 0 atom stereocenters. The van der Waals surface area contributed by atoms with Gasteiger partial charge in [-0.1, -0.05) is 0 Å². The molecule has 1 aromatic heterocycles. The number of carbonyl (C=O) groups is 1. The lowest BCUT2D eigenvalue weighted by atomic mass is 10.1. The molecular formula is C11H15F2N3O2. The Morgan fingerprint density at radius 1 is 1.44 bits per heavy atom. The van der Waals surface area contributed by atoms with Crippen LogP contribution < -0.4 is 0 Å². The van der Waals surface area contributed by atoms with Crippen LogP contribution in [0.1, 0.15) is 19.3 Å². The zero-order valence-electron chi connectivity index (χ0n) is 9.85. The molecule has 0 aromatic carbocycles. The van der Waals surface area contributed by atoms with Gasteiger partial charge < -0.3 is 10.0 Å². The van der Waals surface area contributed by atoms with E-state index in [1.165, 1.54) is 22.0 Å². The lowest BCUT2D eigenvalue weighted by Crippen LogP contribution is -2.42. The molecular weight excluding hydrogens is 244 g/mol. The Balaban J connectivity index is 1.79. The van der Waals surface area contributed by atoms with Crippen LogP contribution >= 0.6 is 0 Å². The van der Waals surface area contributed by atoms with Crippen LogP contribution in [0.25, 0.3) is 0 Å². The van der Waals surface area contributed by atoms with Crippen molar-refractivity contribution in [1.82, 2.24) is 14.7 Å². The average molecular weight is 259 g/mol. The molecule has 5 nitrogen and oxygen atoms in total. The molecule has 7 heteroatoms. The van der Waals surface area contributed by atoms with Gasteiger partial charge in [0, 0.05) is 38.9 Å². The summed E-state index contributed by atoms with van der Waals surface area (Å²) in [5.41, 5.74) is 0. The maximum atomic E-state index is 12.9. The number of nitrogens with zero attached hydrogens (tertiary/aromatic N) is 3. The second kappa shape index (κ2) is 4.91. The largest absolute Gasteiger partial charge is 0.505 e. The number of aromatic hydroxyl groups is 1. The molecule has 100 valence electrons. The molecule has 1 saturated heterocycles.